The summed E-state index contributed by atoms with van der Waals surface area (Å²) >= 11 is 0. The van der Waals surface area contributed by atoms with Gasteiger partial charge in [0.2, 0.25) is 5.91 Å². The normalized spacial score (nSPS) is 25.1. The number of likely N-dealkylation sites (tertiary alicyclic amines) is 1. The number of fused-ring (bicyclic) bond motifs is 4. The predicted molar refractivity (Wildman–Crippen MR) is 123 cm³/mol. The van der Waals surface area contributed by atoms with Gasteiger partial charge in [-0.3, -0.25) is 4.79 Å². The summed E-state index contributed by atoms with van der Waals surface area (Å²) < 4.78 is 11.8. The first-order chi connectivity index (χ1) is 15.3. The Morgan fingerprint density at radius 3 is 2.62 bits per heavy atom. The Kier molecular flexibility index (Phi) is 6.93. The van der Waals surface area contributed by atoms with Gasteiger partial charge in [0.05, 0.1) is 5.92 Å². The Hall–Kier alpha value is -2.28. The molecule has 32 heavy (non-hydrogen) atoms. The van der Waals surface area contributed by atoms with Crippen molar-refractivity contribution >= 4 is 12.0 Å². The van der Waals surface area contributed by atoms with Crippen LogP contribution in [0.5, 0.6) is 5.75 Å². The van der Waals surface area contributed by atoms with Crippen LogP contribution >= 0.6 is 0 Å². The van der Waals surface area contributed by atoms with Gasteiger partial charge in [0.25, 0.3) is 0 Å². The number of nitrogens with one attached hydrogen (secondary N) is 2. The van der Waals surface area contributed by atoms with E-state index in [2.05, 4.69) is 28.8 Å². The molecule has 176 valence electrons. The quantitative estimate of drug-likeness (QED) is 0.696. The average Bonchev–Trinajstić information content (AvgIpc) is 3.59. The topological polar surface area (TPSA) is 79.9 Å². The largest absolute Gasteiger partial charge is 0.492 e. The molecule has 0 aromatic heterocycles. The molecule has 2 heterocycles. The van der Waals surface area contributed by atoms with Crippen LogP contribution in [0.2, 0.25) is 0 Å². The lowest BCUT2D eigenvalue weighted by atomic mass is 9.83. The first-order valence-corrected chi connectivity index (χ1v) is 12.0. The monoisotopic (exact) mass is 443 g/mol. The van der Waals surface area contributed by atoms with Crippen molar-refractivity contribution in [2.75, 3.05) is 39.3 Å². The third kappa shape index (κ3) is 5.94. The minimum atomic E-state index is -0.577. The van der Waals surface area contributed by atoms with E-state index in [9.17, 15) is 9.59 Å². The molecule has 1 aromatic rings. The maximum Gasteiger partial charge on any atom is 0.410 e. The van der Waals surface area contributed by atoms with Crippen LogP contribution in [0.3, 0.4) is 0 Å². The molecular formula is C25H37N3O4. The van der Waals surface area contributed by atoms with Crippen molar-refractivity contribution in [2.24, 2.45) is 5.92 Å². The molecule has 0 unspecified atom stereocenters. The Morgan fingerprint density at radius 1 is 1.09 bits per heavy atom. The number of benzene rings is 1. The van der Waals surface area contributed by atoms with Crippen LogP contribution in [0.25, 0.3) is 0 Å². The summed E-state index contributed by atoms with van der Waals surface area (Å²) in [4.78, 5) is 27.7. The Labute approximate surface area is 191 Å². The van der Waals surface area contributed by atoms with Gasteiger partial charge in [0.15, 0.2) is 0 Å². The van der Waals surface area contributed by atoms with Crippen LogP contribution in [-0.2, 0) is 9.53 Å². The highest BCUT2D eigenvalue weighted by Crippen LogP contribution is 2.44. The number of nitrogens with zero attached hydrogens (tertiary/aromatic N) is 1. The standard InChI is InChI=1S/C25H37N3O4/c1-25(2,3)32-24(30)28-15-19-13-20(16-28)23(29)27-10-4-9-26-11-12-31-22-8-7-18(14-21(19)22)17-5-6-17/h7-8,14,17,19-20,26H,4-6,9-13,15-16H2,1-3H3,(H,27,29)/t19-,20+/m0/s1. The van der Waals surface area contributed by atoms with Gasteiger partial charge < -0.3 is 25.0 Å². The van der Waals surface area contributed by atoms with Gasteiger partial charge >= 0.3 is 6.09 Å². The summed E-state index contributed by atoms with van der Waals surface area (Å²) in [6.07, 6.45) is 3.66. The number of carbonyl (C=O) groups excluding carboxylic acids is 2. The van der Waals surface area contributed by atoms with Crippen LogP contribution in [0.4, 0.5) is 4.79 Å². The van der Waals surface area contributed by atoms with Crippen LogP contribution in [-0.4, -0.2) is 61.8 Å². The van der Waals surface area contributed by atoms with Gasteiger partial charge in [-0.15, -0.1) is 0 Å². The van der Waals surface area contributed by atoms with Gasteiger partial charge in [-0.05, 0) is 76.1 Å². The lowest BCUT2D eigenvalue weighted by Crippen LogP contribution is -2.49. The van der Waals surface area contributed by atoms with Crippen LogP contribution in [0.15, 0.2) is 18.2 Å². The molecule has 2 atom stereocenters. The van der Waals surface area contributed by atoms with E-state index in [1.54, 1.807) is 4.90 Å². The summed E-state index contributed by atoms with van der Waals surface area (Å²) in [5, 5.41) is 6.45. The Balaban J connectivity index is 1.65. The zero-order valence-electron chi connectivity index (χ0n) is 19.6. The molecule has 1 saturated heterocycles. The first-order valence-electron chi connectivity index (χ1n) is 12.0. The second-order valence-corrected chi connectivity index (χ2v) is 10.3. The number of ether oxygens (including phenoxy) is 2. The fourth-order valence-corrected chi connectivity index (χ4v) is 4.61. The fourth-order valence-electron chi connectivity index (χ4n) is 4.61. The fraction of sp³-hybridized carbons (Fsp3) is 0.680. The van der Waals surface area contributed by atoms with E-state index in [0.717, 1.165) is 30.8 Å². The van der Waals surface area contributed by atoms with Crippen LogP contribution in [0.1, 0.15) is 69.4 Å². The van der Waals surface area contributed by atoms with E-state index in [1.807, 2.05) is 20.8 Å². The van der Waals surface area contributed by atoms with Crippen molar-refractivity contribution < 1.29 is 19.1 Å². The van der Waals surface area contributed by atoms with E-state index >= 15 is 0 Å². The summed E-state index contributed by atoms with van der Waals surface area (Å²) in [7, 11) is 0. The first kappa shape index (κ1) is 22.9. The third-order valence-corrected chi connectivity index (χ3v) is 6.36. The SMILES string of the molecule is CC(C)(C)OC(=O)N1C[C@H]2C[C@@H](C1)c1cc(C3CC3)ccc1OCCNCCCNC2=O. The summed E-state index contributed by atoms with van der Waals surface area (Å²) in [5.41, 5.74) is 1.87. The van der Waals surface area contributed by atoms with Crippen molar-refractivity contribution in [2.45, 2.75) is 63.9 Å². The summed E-state index contributed by atoms with van der Waals surface area (Å²) in [5.74, 6) is 1.26. The van der Waals surface area contributed by atoms with Gasteiger partial charge in [0.1, 0.15) is 18.0 Å². The van der Waals surface area contributed by atoms with Gasteiger partial charge in [-0.2, -0.15) is 0 Å². The molecule has 2 amide bonds. The maximum atomic E-state index is 13.0. The van der Waals surface area contributed by atoms with Crippen molar-refractivity contribution in [1.82, 2.24) is 15.5 Å². The molecular weight excluding hydrogens is 406 g/mol. The number of hydrogen-bond donors (Lipinski definition) is 2. The Bertz CT molecular complexity index is 831. The molecule has 1 aromatic carbocycles. The summed E-state index contributed by atoms with van der Waals surface area (Å²) in [6, 6.07) is 6.51. The number of piperidine rings is 1. The molecule has 2 fully saturated rings. The zero-order chi connectivity index (χ0) is 22.7. The van der Waals surface area contributed by atoms with Crippen LogP contribution < -0.4 is 15.4 Å². The minimum Gasteiger partial charge on any atom is -0.492 e. The molecule has 1 saturated carbocycles. The molecule has 0 spiro atoms. The molecule has 7 heteroatoms. The number of hydrogen-bond acceptors (Lipinski definition) is 5. The van der Waals surface area contributed by atoms with Crippen molar-refractivity contribution in [3.05, 3.63) is 29.3 Å². The maximum absolute atomic E-state index is 13.0. The van der Waals surface area contributed by atoms with E-state index in [1.165, 1.54) is 18.4 Å². The van der Waals surface area contributed by atoms with E-state index in [-0.39, 0.29) is 23.8 Å². The smallest absolute Gasteiger partial charge is 0.410 e. The molecule has 4 rings (SSSR count). The lowest BCUT2D eigenvalue weighted by molar-refractivity contribution is -0.126. The molecule has 1 aliphatic carbocycles. The van der Waals surface area contributed by atoms with E-state index < -0.39 is 5.60 Å². The lowest BCUT2D eigenvalue weighted by Gasteiger charge is -2.38. The second-order valence-electron chi connectivity index (χ2n) is 10.3. The Morgan fingerprint density at radius 2 is 1.88 bits per heavy atom. The van der Waals surface area contributed by atoms with E-state index in [4.69, 9.17) is 9.47 Å². The van der Waals surface area contributed by atoms with Crippen molar-refractivity contribution in [3.8, 4) is 5.75 Å². The van der Waals surface area contributed by atoms with E-state index in [0.29, 0.717) is 38.6 Å². The molecule has 3 aliphatic rings. The second kappa shape index (κ2) is 9.69. The van der Waals surface area contributed by atoms with Gasteiger partial charge in [-0.25, -0.2) is 4.79 Å². The van der Waals surface area contributed by atoms with Crippen LogP contribution in [0, 0.1) is 5.92 Å². The highest BCUT2D eigenvalue weighted by Gasteiger charge is 2.38. The summed E-state index contributed by atoms with van der Waals surface area (Å²) in [6.45, 7) is 9.33. The predicted octanol–water partition coefficient (Wildman–Crippen LogP) is 3.39. The highest BCUT2D eigenvalue weighted by atomic mass is 16.6. The highest BCUT2D eigenvalue weighted by molar-refractivity contribution is 5.80. The van der Waals surface area contributed by atoms with Gasteiger partial charge in [0, 0.05) is 32.1 Å². The molecule has 0 radical (unpaired) electrons. The average molecular weight is 444 g/mol. The number of amides is 2. The van der Waals surface area contributed by atoms with Crippen molar-refractivity contribution in [1.29, 1.82) is 0 Å². The molecule has 2 bridgehead atoms. The zero-order valence-corrected chi connectivity index (χ0v) is 19.6. The molecule has 7 nitrogen and oxygen atoms in total. The molecule has 2 N–H and O–H groups in total. The van der Waals surface area contributed by atoms with Gasteiger partial charge in [-0.1, -0.05) is 12.1 Å². The minimum absolute atomic E-state index is 0.0149. The molecule has 2 aliphatic heterocycles. The number of rotatable bonds is 1. The number of carbonyl (C=O) groups is 2. The van der Waals surface area contributed by atoms with Crippen molar-refractivity contribution in [3.63, 3.8) is 0 Å². The third-order valence-electron chi connectivity index (χ3n) is 6.36.